The predicted octanol–water partition coefficient (Wildman–Crippen LogP) is 4.20. The van der Waals surface area contributed by atoms with Crippen molar-refractivity contribution < 1.29 is 23.9 Å². The maximum atomic E-state index is 13.1. The molecule has 31 heavy (non-hydrogen) atoms. The molecule has 1 aliphatic heterocycles. The molecule has 0 radical (unpaired) electrons. The molecule has 7 nitrogen and oxygen atoms in total. The molecule has 0 aliphatic carbocycles. The molecule has 1 saturated heterocycles. The molecule has 2 aromatic carbocycles. The van der Waals surface area contributed by atoms with Crippen molar-refractivity contribution in [3.63, 3.8) is 0 Å². The number of ether oxygens (including phenoxy) is 2. The van der Waals surface area contributed by atoms with Crippen molar-refractivity contribution in [2.75, 3.05) is 18.6 Å². The lowest BCUT2D eigenvalue weighted by Gasteiger charge is -2.27. The van der Waals surface area contributed by atoms with Crippen molar-refractivity contribution in [2.24, 2.45) is 0 Å². The standard InChI is InChI=1S/C23H21ClN2O5/c1-5-8-31-20-17(24)11-15(12-19(20)30-4)10-16-21(27)25-23(29)26(22(16)28)18-7-6-13(2)9-14(18)3/h5-7,9-12H,1,8H2,2-4H3,(H,25,27,29)/b16-10+. The van der Waals surface area contributed by atoms with Crippen LogP contribution < -0.4 is 19.7 Å². The summed E-state index contributed by atoms with van der Waals surface area (Å²) in [5, 5.41) is 2.45. The average Bonchev–Trinajstić information content (AvgIpc) is 2.71. The highest BCUT2D eigenvalue weighted by molar-refractivity contribution is 6.39. The smallest absolute Gasteiger partial charge is 0.335 e. The van der Waals surface area contributed by atoms with Gasteiger partial charge in [-0.2, -0.15) is 0 Å². The maximum absolute atomic E-state index is 13.1. The monoisotopic (exact) mass is 440 g/mol. The maximum Gasteiger partial charge on any atom is 0.335 e. The van der Waals surface area contributed by atoms with E-state index in [1.54, 1.807) is 31.2 Å². The molecular weight excluding hydrogens is 420 g/mol. The number of nitrogens with zero attached hydrogens (tertiary/aromatic N) is 1. The van der Waals surface area contributed by atoms with Crippen molar-refractivity contribution in [2.45, 2.75) is 13.8 Å². The molecule has 0 aromatic heterocycles. The number of amides is 4. The zero-order valence-electron chi connectivity index (χ0n) is 17.3. The van der Waals surface area contributed by atoms with E-state index < -0.39 is 17.8 Å². The van der Waals surface area contributed by atoms with E-state index in [9.17, 15) is 14.4 Å². The van der Waals surface area contributed by atoms with Crippen LogP contribution in [-0.4, -0.2) is 31.6 Å². The van der Waals surface area contributed by atoms with Gasteiger partial charge in [-0.25, -0.2) is 9.69 Å². The Labute approximate surface area is 184 Å². The van der Waals surface area contributed by atoms with Gasteiger partial charge in [-0.15, -0.1) is 0 Å². The minimum atomic E-state index is -0.803. The van der Waals surface area contributed by atoms with Gasteiger partial charge in [-0.3, -0.25) is 14.9 Å². The Morgan fingerprint density at radius 1 is 1.16 bits per heavy atom. The van der Waals surface area contributed by atoms with Crippen molar-refractivity contribution in [3.8, 4) is 11.5 Å². The molecule has 2 aromatic rings. The van der Waals surface area contributed by atoms with Crippen LogP contribution in [0.2, 0.25) is 5.02 Å². The van der Waals surface area contributed by atoms with Gasteiger partial charge in [0.05, 0.1) is 17.8 Å². The molecule has 4 amide bonds. The van der Waals surface area contributed by atoms with E-state index in [2.05, 4.69) is 11.9 Å². The number of rotatable bonds is 6. The molecule has 1 heterocycles. The minimum Gasteiger partial charge on any atom is -0.493 e. The molecule has 1 aliphatic rings. The van der Waals surface area contributed by atoms with Crippen LogP contribution in [0.1, 0.15) is 16.7 Å². The van der Waals surface area contributed by atoms with E-state index >= 15 is 0 Å². The Morgan fingerprint density at radius 2 is 1.90 bits per heavy atom. The number of methoxy groups -OCH3 is 1. The third-order valence-corrected chi connectivity index (χ3v) is 4.88. The second-order valence-electron chi connectivity index (χ2n) is 6.88. The molecule has 8 heteroatoms. The van der Waals surface area contributed by atoms with Crippen LogP contribution >= 0.6 is 11.6 Å². The van der Waals surface area contributed by atoms with Crippen LogP contribution in [0, 0.1) is 13.8 Å². The molecule has 0 bridgehead atoms. The fraction of sp³-hybridized carbons (Fsp3) is 0.174. The van der Waals surface area contributed by atoms with E-state index in [0.29, 0.717) is 22.7 Å². The number of hydrogen-bond donors (Lipinski definition) is 1. The van der Waals surface area contributed by atoms with Gasteiger partial charge in [-0.05, 0) is 49.2 Å². The summed E-state index contributed by atoms with van der Waals surface area (Å²) in [5.41, 5.74) is 2.33. The fourth-order valence-corrected chi connectivity index (χ4v) is 3.48. The summed E-state index contributed by atoms with van der Waals surface area (Å²) in [5.74, 6) is -0.884. The average molecular weight is 441 g/mol. The number of anilines is 1. The van der Waals surface area contributed by atoms with Crippen molar-refractivity contribution in [1.29, 1.82) is 0 Å². The quantitative estimate of drug-likeness (QED) is 0.413. The van der Waals surface area contributed by atoms with Crippen LogP contribution in [0.5, 0.6) is 11.5 Å². The first kappa shape index (κ1) is 22.1. The highest BCUT2D eigenvalue weighted by Gasteiger charge is 2.37. The summed E-state index contributed by atoms with van der Waals surface area (Å²) in [6, 6.07) is 7.62. The Balaban J connectivity index is 2.04. The molecule has 0 saturated carbocycles. The van der Waals surface area contributed by atoms with Gasteiger partial charge in [0.15, 0.2) is 11.5 Å². The normalized spacial score (nSPS) is 15.2. The zero-order chi connectivity index (χ0) is 22.7. The highest BCUT2D eigenvalue weighted by atomic mass is 35.5. The number of barbiturate groups is 1. The summed E-state index contributed by atoms with van der Waals surface area (Å²) in [6.07, 6.45) is 2.92. The van der Waals surface area contributed by atoms with Gasteiger partial charge in [0.1, 0.15) is 12.2 Å². The van der Waals surface area contributed by atoms with Gasteiger partial charge in [0.2, 0.25) is 0 Å². The van der Waals surface area contributed by atoms with E-state index in [-0.39, 0.29) is 17.2 Å². The minimum absolute atomic E-state index is 0.211. The summed E-state index contributed by atoms with van der Waals surface area (Å²) < 4.78 is 10.8. The van der Waals surface area contributed by atoms with Gasteiger partial charge >= 0.3 is 6.03 Å². The predicted molar refractivity (Wildman–Crippen MR) is 119 cm³/mol. The molecule has 160 valence electrons. The van der Waals surface area contributed by atoms with Crippen molar-refractivity contribution in [3.05, 3.63) is 70.3 Å². The fourth-order valence-electron chi connectivity index (χ4n) is 3.20. The van der Waals surface area contributed by atoms with Crippen LogP contribution in [0.15, 0.2) is 48.6 Å². The molecule has 0 atom stereocenters. The number of aryl methyl sites for hydroxylation is 2. The van der Waals surface area contributed by atoms with Crippen LogP contribution in [0.25, 0.3) is 6.08 Å². The lowest BCUT2D eigenvalue weighted by molar-refractivity contribution is -0.122. The number of hydrogen-bond acceptors (Lipinski definition) is 5. The number of benzene rings is 2. The van der Waals surface area contributed by atoms with Gasteiger partial charge in [0.25, 0.3) is 11.8 Å². The number of carbonyl (C=O) groups excluding carboxylic acids is 3. The van der Waals surface area contributed by atoms with Crippen LogP contribution in [-0.2, 0) is 9.59 Å². The molecule has 3 rings (SSSR count). The number of imide groups is 2. The Bertz CT molecular complexity index is 1120. The first-order valence-electron chi connectivity index (χ1n) is 9.36. The van der Waals surface area contributed by atoms with Gasteiger partial charge in [-0.1, -0.05) is 42.0 Å². The van der Waals surface area contributed by atoms with E-state index in [4.69, 9.17) is 21.1 Å². The third kappa shape index (κ3) is 4.46. The summed E-state index contributed by atoms with van der Waals surface area (Å²) in [4.78, 5) is 38.9. The number of carbonyl (C=O) groups is 3. The second kappa shape index (κ2) is 9.06. The summed E-state index contributed by atoms with van der Waals surface area (Å²) in [7, 11) is 1.45. The van der Waals surface area contributed by atoms with Crippen molar-refractivity contribution in [1.82, 2.24) is 5.32 Å². The SMILES string of the molecule is C=CCOc1c(Cl)cc(/C=C2\C(=O)NC(=O)N(c3ccc(C)cc3C)C2=O)cc1OC. The lowest BCUT2D eigenvalue weighted by Crippen LogP contribution is -2.54. The largest absolute Gasteiger partial charge is 0.493 e. The molecular formula is C23H21ClN2O5. The zero-order valence-corrected chi connectivity index (χ0v) is 18.1. The summed E-state index contributed by atoms with van der Waals surface area (Å²) >= 11 is 6.30. The van der Waals surface area contributed by atoms with E-state index in [0.717, 1.165) is 16.0 Å². The van der Waals surface area contributed by atoms with E-state index in [1.165, 1.54) is 19.3 Å². The molecule has 1 N–H and O–H groups in total. The lowest BCUT2D eigenvalue weighted by atomic mass is 10.0. The number of nitrogens with one attached hydrogen (secondary N) is 1. The molecule has 1 fully saturated rings. The highest BCUT2D eigenvalue weighted by Crippen LogP contribution is 2.37. The van der Waals surface area contributed by atoms with Gasteiger partial charge < -0.3 is 9.47 Å². The molecule has 0 unspecified atom stereocenters. The first-order chi connectivity index (χ1) is 14.8. The summed E-state index contributed by atoms with van der Waals surface area (Å²) in [6.45, 7) is 7.51. The van der Waals surface area contributed by atoms with Crippen LogP contribution in [0.3, 0.4) is 0 Å². The van der Waals surface area contributed by atoms with Gasteiger partial charge in [0, 0.05) is 0 Å². The van der Waals surface area contributed by atoms with E-state index in [1.807, 2.05) is 13.0 Å². The molecule has 0 spiro atoms. The topological polar surface area (TPSA) is 84.9 Å². The number of urea groups is 1. The Kier molecular flexibility index (Phi) is 6.46. The van der Waals surface area contributed by atoms with Crippen molar-refractivity contribution >= 4 is 41.2 Å². The van der Waals surface area contributed by atoms with Crippen LogP contribution in [0.4, 0.5) is 10.5 Å². The first-order valence-corrected chi connectivity index (χ1v) is 9.74. The Hall–Kier alpha value is -3.58. The second-order valence-corrected chi connectivity index (χ2v) is 7.29. The number of halogens is 1. The third-order valence-electron chi connectivity index (χ3n) is 4.60. The Morgan fingerprint density at radius 3 is 2.55 bits per heavy atom.